The molecule has 0 fully saturated rings. The van der Waals surface area contributed by atoms with Crippen molar-refractivity contribution in [2.24, 2.45) is 0 Å². The molecule has 0 aliphatic carbocycles. The molecule has 2 rings (SSSR count). The van der Waals surface area contributed by atoms with Crippen molar-refractivity contribution < 1.29 is 9.53 Å². The fraction of sp³-hybridized carbons (Fsp3) is 0.409. The van der Waals surface area contributed by atoms with E-state index in [0.29, 0.717) is 23.2 Å². The fourth-order valence-electron chi connectivity index (χ4n) is 3.07. The number of amides is 1. The van der Waals surface area contributed by atoms with Crippen LogP contribution in [0.1, 0.15) is 42.3 Å². The predicted molar refractivity (Wildman–Crippen MR) is 111 cm³/mol. The molecule has 2 aromatic rings. The summed E-state index contributed by atoms with van der Waals surface area (Å²) in [4.78, 5) is 16.8. The number of nitrogens with zero attached hydrogens (tertiary/aromatic N) is 2. The number of benzene rings is 2. The minimum absolute atomic E-state index is 0.0280. The molecule has 0 radical (unpaired) electrons. The largest absolute Gasteiger partial charge is 0.496 e. The van der Waals surface area contributed by atoms with Gasteiger partial charge in [-0.3, -0.25) is 9.69 Å². The van der Waals surface area contributed by atoms with Crippen molar-refractivity contribution in [2.45, 2.75) is 39.9 Å². The van der Waals surface area contributed by atoms with Crippen molar-refractivity contribution in [1.82, 2.24) is 9.80 Å². The summed E-state index contributed by atoms with van der Waals surface area (Å²) in [5.74, 6) is 0.697. The molecule has 5 heteroatoms. The Kier molecular flexibility index (Phi) is 7.69. The van der Waals surface area contributed by atoms with Crippen LogP contribution < -0.4 is 4.74 Å². The Morgan fingerprint density at radius 2 is 1.78 bits per heavy atom. The molecule has 146 valence electrons. The number of hydrogen-bond donors (Lipinski definition) is 0. The van der Waals surface area contributed by atoms with Crippen LogP contribution in [0.5, 0.6) is 5.75 Å². The second-order valence-electron chi connectivity index (χ2n) is 6.97. The second-order valence-corrected chi connectivity index (χ2v) is 7.41. The summed E-state index contributed by atoms with van der Waals surface area (Å²) in [6.45, 7) is 8.87. The summed E-state index contributed by atoms with van der Waals surface area (Å²) in [6.07, 6.45) is 0. The quantitative estimate of drug-likeness (QED) is 0.648. The average molecular weight is 389 g/mol. The normalized spacial score (nSPS) is 11.1. The molecule has 2 aromatic carbocycles. The van der Waals surface area contributed by atoms with Crippen LogP contribution in [-0.2, 0) is 13.1 Å². The summed E-state index contributed by atoms with van der Waals surface area (Å²) in [6, 6.07) is 13.8. The van der Waals surface area contributed by atoms with Crippen LogP contribution in [0.4, 0.5) is 0 Å². The Morgan fingerprint density at radius 3 is 2.33 bits per heavy atom. The van der Waals surface area contributed by atoms with Crippen LogP contribution in [0, 0.1) is 0 Å². The summed E-state index contributed by atoms with van der Waals surface area (Å²) >= 11 is 6.08. The first kappa shape index (κ1) is 21.3. The number of carbonyl (C=O) groups is 1. The van der Waals surface area contributed by atoms with E-state index in [-0.39, 0.29) is 5.91 Å². The number of rotatable bonds is 8. The standard InChI is InChI=1S/C22H29ClN2O2/c1-6-25(16(2)3)14-17-7-9-18(10-8-17)22(26)24(4)15-19-13-20(23)11-12-21(19)27-5/h7-13,16H,6,14-15H2,1-5H3. The minimum Gasteiger partial charge on any atom is -0.496 e. The molecule has 0 bridgehead atoms. The zero-order chi connectivity index (χ0) is 20.0. The van der Waals surface area contributed by atoms with Gasteiger partial charge in [0.05, 0.1) is 7.11 Å². The lowest BCUT2D eigenvalue weighted by Crippen LogP contribution is -2.30. The molecule has 1 amide bonds. The Balaban J connectivity index is 2.08. The molecular weight excluding hydrogens is 360 g/mol. The van der Waals surface area contributed by atoms with Crippen molar-refractivity contribution in [3.05, 3.63) is 64.2 Å². The highest BCUT2D eigenvalue weighted by Gasteiger charge is 2.15. The second kappa shape index (κ2) is 9.77. The van der Waals surface area contributed by atoms with Gasteiger partial charge in [0.15, 0.2) is 0 Å². The van der Waals surface area contributed by atoms with Gasteiger partial charge in [0.1, 0.15) is 5.75 Å². The van der Waals surface area contributed by atoms with Crippen LogP contribution in [-0.4, -0.2) is 42.5 Å². The minimum atomic E-state index is -0.0280. The number of hydrogen-bond acceptors (Lipinski definition) is 3. The van der Waals surface area contributed by atoms with Crippen molar-refractivity contribution in [3.8, 4) is 5.75 Å². The van der Waals surface area contributed by atoms with E-state index in [1.54, 1.807) is 25.1 Å². The van der Waals surface area contributed by atoms with Gasteiger partial charge >= 0.3 is 0 Å². The summed E-state index contributed by atoms with van der Waals surface area (Å²) in [5.41, 5.74) is 2.77. The molecule has 27 heavy (non-hydrogen) atoms. The van der Waals surface area contributed by atoms with E-state index in [1.807, 2.05) is 36.4 Å². The van der Waals surface area contributed by atoms with Crippen LogP contribution in [0.15, 0.2) is 42.5 Å². The third-order valence-electron chi connectivity index (χ3n) is 4.72. The van der Waals surface area contributed by atoms with Crippen molar-refractivity contribution in [2.75, 3.05) is 20.7 Å². The third-order valence-corrected chi connectivity index (χ3v) is 4.95. The third kappa shape index (κ3) is 5.72. The van der Waals surface area contributed by atoms with Gasteiger partial charge in [0.25, 0.3) is 5.91 Å². The van der Waals surface area contributed by atoms with E-state index in [4.69, 9.17) is 16.3 Å². The lowest BCUT2D eigenvalue weighted by atomic mass is 10.1. The molecule has 0 aliphatic heterocycles. The first-order valence-corrected chi connectivity index (χ1v) is 9.64. The first-order chi connectivity index (χ1) is 12.8. The van der Waals surface area contributed by atoms with Gasteiger partial charge in [-0.05, 0) is 56.3 Å². The zero-order valence-corrected chi connectivity index (χ0v) is 17.6. The highest BCUT2D eigenvalue weighted by molar-refractivity contribution is 6.30. The molecular formula is C22H29ClN2O2. The summed E-state index contributed by atoms with van der Waals surface area (Å²) in [7, 11) is 3.40. The Hall–Kier alpha value is -2.04. The molecule has 0 atom stereocenters. The molecule has 0 aromatic heterocycles. The summed E-state index contributed by atoms with van der Waals surface area (Å²) < 4.78 is 5.37. The van der Waals surface area contributed by atoms with Gasteiger partial charge in [-0.15, -0.1) is 0 Å². The number of carbonyl (C=O) groups excluding carboxylic acids is 1. The van der Waals surface area contributed by atoms with E-state index >= 15 is 0 Å². The lowest BCUT2D eigenvalue weighted by molar-refractivity contribution is 0.0784. The number of ether oxygens (including phenoxy) is 1. The molecule has 4 nitrogen and oxygen atoms in total. The maximum Gasteiger partial charge on any atom is 0.253 e. The van der Waals surface area contributed by atoms with Gasteiger partial charge in [-0.1, -0.05) is 30.7 Å². The van der Waals surface area contributed by atoms with Gasteiger partial charge in [-0.2, -0.15) is 0 Å². The van der Waals surface area contributed by atoms with E-state index < -0.39 is 0 Å². The molecule has 0 aliphatic rings. The maximum absolute atomic E-state index is 12.8. The molecule has 0 saturated heterocycles. The van der Waals surface area contributed by atoms with E-state index in [9.17, 15) is 4.79 Å². The maximum atomic E-state index is 12.8. The van der Waals surface area contributed by atoms with Gasteiger partial charge < -0.3 is 9.64 Å². The van der Waals surface area contributed by atoms with Crippen LogP contribution in [0.2, 0.25) is 5.02 Å². The van der Waals surface area contributed by atoms with Crippen molar-refractivity contribution in [1.29, 1.82) is 0 Å². The Bertz CT molecular complexity index is 759. The SMILES string of the molecule is CCN(Cc1ccc(C(=O)N(C)Cc2cc(Cl)ccc2OC)cc1)C(C)C. The van der Waals surface area contributed by atoms with E-state index in [0.717, 1.165) is 24.4 Å². The molecule has 0 unspecified atom stereocenters. The fourth-order valence-corrected chi connectivity index (χ4v) is 3.26. The van der Waals surface area contributed by atoms with Crippen molar-refractivity contribution >= 4 is 17.5 Å². The Labute approximate surface area is 167 Å². The highest BCUT2D eigenvalue weighted by atomic mass is 35.5. The van der Waals surface area contributed by atoms with Crippen molar-refractivity contribution in [3.63, 3.8) is 0 Å². The van der Waals surface area contributed by atoms with E-state index in [1.165, 1.54) is 5.56 Å². The topological polar surface area (TPSA) is 32.8 Å². The molecule has 0 saturated carbocycles. The lowest BCUT2D eigenvalue weighted by Gasteiger charge is -2.25. The van der Waals surface area contributed by atoms with Crippen LogP contribution in [0.3, 0.4) is 0 Å². The highest BCUT2D eigenvalue weighted by Crippen LogP contribution is 2.24. The summed E-state index contributed by atoms with van der Waals surface area (Å²) in [5, 5.41) is 0.627. The smallest absolute Gasteiger partial charge is 0.253 e. The monoisotopic (exact) mass is 388 g/mol. The van der Waals surface area contributed by atoms with Crippen LogP contribution >= 0.6 is 11.6 Å². The van der Waals surface area contributed by atoms with Gasteiger partial charge in [0.2, 0.25) is 0 Å². The molecule has 0 heterocycles. The average Bonchev–Trinajstić information content (AvgIpc) is 2.66. The van der Waals surface area contributed by atoms with Gasteiger partial charge in [-0.25, -0.2) is 0 Å². The number of methoxy groups -OCH3 is 1. The molecule has 0 spiro atoms. The Morgan fingerprint density at radius 1 is 1.11 bits per heavy atom. The van der Waals surface area contributed by atoms with Gasteiger partial charge in [0, 0.05) is 42.3 Å². The molecule has 0 N–H and O–H groups in total. The predicted octanol–water partition coefficient (Wildman–Crippen LogP) is 4.85. The zero-order valence-electron chi connectivity index (χ0n) is 16.8. The van der Waals surface area contributed by atoms with E-state index in [2.05, 4.69) is 25.7 Å². The van der Waals surface area contributed by atoms with Crippen LogP contribution in [0.25, 0.3) is 0 Å². The number of halogens is 1. The first-order valence-electron chi connectivity index (χ1n) is 9.26.